The minimum Gasteiger partial charge on any atom is -0.504 e. The number of benzene rings is 2. The Morgan fingerprint density at radius 3 is 2.22 bits per heavy atom. The van der Waals surface area contributed by atoms with Gasteiger partial charge in [-0.05, 0) is 18.2 Å². The summed E-state index contributed by atoms with van der Waals surface area (Å²) < 4.78 is 21.1. The number of ether oxygens (including phenoxy) is 3. The summed E-state index contributed by atoms with van der Waals surface area (Å²) in [7, 11) is 1.11. The lowest BCUT2D eigenvalue weighted by atomic mass is 9.99. The van der Waals surface area contributed by atoms with E-state index in [-0.39, 0.29) is 11.1 Å². The Labute approximate surface area is 200 Å². The fraction of sp³-hybridized carbons (Fsp3) is 0.273. The van der Waals surface area contributed by atoms with Crippen molar-refractivity contribution in [2.75, 3.05) is 7.11 Å². The molecule has 0 aliphatic carbocycles. The van der Waals surface area contributed by atoms with Crippen LogP contribution in [-0.4, -0.2) is 84.6 Å². The maximum Gasteiger partial charge on any atom is 0.335 e. The molecule has 3 aromatic rings. The van der Waals surface area contributed by atoms with Crippen LogP contribution in [-0.2, 0) is 9.53 Å². The summed E-state index contributed by atoms with van der Waals surface area (Å²) in [5.41, 5.74) is -1.55. The van der Waals surface area contributed by atoms with E-state index in [0.29, 0.717) is 0 Å². The second-order valence-electron chi connectivity index (χ2n) is 7.80. The third-order valence-electron chi connectivity index (χ3n) is 5.54. The van der Waals surface area contributed by atoms with Gasteiger partial charge < -0.3 is 59.5 Å². The van der Waals surface area contributed by atoms with Crippen LogP contribution >= 0.6 is 0 Å². The van der Waals surface area contributed by atoms with Crippen molar-refractivity contribution in [3.63, 3.8) is 0 Å². The van der Waals surface area contributed by atoms with E-state index in [0.717, 1.165) is 25.3 Å². The predicted octanol–water partition coefficient (Wildman–Crippen LogP) is -0.438. The van der Waals surface area contributed by atoms with Crippen LogP contribution in [0.1, 0.15) is 0 Å². The van der Waals surface area contributed by atoms with Crippen molar-refractivity contribution in [2.45, 2.75) is 30.7 Å². The Kier molecular flexibility index (Phi) is 6.28. The average molecular weight is 508 g/mol. The number of carbonyl (C=O) groups is 1. The summed E-state index contributed by atoms with van der Waals surface area (Å²) >= 11 is 0. The lowest BCUT2D eigenvalue weighted by molar-refractivity contribution is -0.271. The highest BCUT2D eigenvalue weighted by atomic mass is 16.7. The highest BCUT2D eigenvalue weighted by Crippen LogP contribution is 2.44. The van der Waals surface area contributed by atoms with E-state index in [1.165, 1.54) is 6.07 Å². The van der Waals surface area contributed by atoms with Gasteiger partial charge in [0.25, 0.3) is 0 Å². The molecule has 36 heavy (non-hydrogen) atoms. The molecule has 192 valence electrons. The van der Waals surface area contributed by atoms with E-state index in [1.54, 1.807) is 0 Å². The molecule has 0 radical (unpaired) electrons. The SMILES string of the molecule is COc1c(O)cc2oc(-c3ccc(O)c(O)c3)c(OC3OC(C(=O)O)C(O)C(O)C3O)c(=O)c2c1O. The summed E-state index contributed by atoms with van der Waals surface area (Å²) in [6.45, 7) is 0. The van der Waals surface area contributed by atoms with Crippen molar-refractivity contribution >= 4 is 16.9 Å². The number of phenols is 4. The summed E-state index contributed by atoms with van der Waals surface area (Å²) in [6, 6.07) is 4.18. The molecule has 14 heteroatoms. The van der Waals surface area contributed by atoms with E-state index in [1.807, 2.05) is 0 Å². The fourth-order valence-corrected chi connectivity index (χ4v) is 3.71. The van der Waals surface area contributed by atoms with Crippen molar-refractivity contribution in [3.8, 4) is 45.8 Å². The van der Waals surface area contributed by atoms with E-state index in [9.17, 15) is 50.4 Å². The Morgan fingerprint density at radius 2 is 1.61 bits per heavy atom. The third kappa shape index (κ3) is 3.97. The summed E-state index contributed by atoms with van der Waals surface area (Å²) in [5, 5.41) is 79.2. The monoisotopic (exact) mass is 508 g/mol. The quantitative estimate of drug-likeness (QED) is 0.204. The van der Waals surface area contributed by atoms with Crippen LogP contribution < -0.4 is 14.9 Å². The van der Waals surface area contributed by atoms with Crippen LogP contribution in [0.5, 0.6) is 34.5 Å². The minimum absolute atomic E-state index is 0.0743. The van der Waals surface area contributed by atoms with Crippen LogP contribution in [0.3, 0.4) is 0 Å². The van der Waals surface area contributed by atoms with Crippen LogP contribution in [0.15, 0.2) is 33.5 Å². The van der Waals surface area contributed by atoms with E-state index >= 15 is 0 Å². The molecule has 1 saturated heterocycles. The van der Waals surface area contributed by atoms with Crippen LogP contribution in [0.2, 0.25) is 0 Å². The number of methoxy groups -OCH3 is 1. The molecule has 1 aromatic heterocycles. The van der Waals surface area contributed by atoms with Crippen molar-refractivity contribution in [1.82, 2.24) is 0 Å². The van der Waals surface area contributed by atoms with Gasteiger partial charge in [-0.2, -0.15) is 0 Å². The van der Waals surface area contributed by atoms with Crippen LogP contribution in [0, 0.1) is 0 Å². The molecule has 0 spiro atoms. The first kappa shape index (κ1) is 24.9. The third-order valence-corrected chi connectivity index (χ3v) is 5.54. The number of aliphatic hydroxyl groups is 3. The molecule has 2 aromatic carbocycles. The Hall–Kier alpha value is -4.24. The van der Waals surface area contributed by atoms with Gasteiger partial charge in [0.1, 0.15) is 29.3 Å². The number of hydrogen-bond acceptors (Lipinski definition) is 13. The fourth-order valence-electron chi connectivity index (χ4n) is 3.71. The number of aromatic hydroxyl groups is 4. The molecule has 8 N–H and O–H groups in total. The minimum atomic E-state index is -2.05. The zero-order chi connectivity index (χ0) is 26.5. The maximum absolute atomic E-state index is 13.5. The molecule has 1 aliphatic rings. The Morgan fingerprint density at radius 1 is 0.917 bits per heavy atom. The standard InChI is InChI=1S/C22H20O14/c1-33-18-9(25)5-10-11(12(18)26)13(27)19(17(34-10)6-2-3-7(23)8(24)4-6)35-22-16(30)14(28)15(29)20(36-22)21(31)32/h2-5,14-16,20,22-26,28-30H,1H3,(H,31,32). The Bertz CT molecular complexity index is 1400. The zero-order valence-corrected chi connectivity index (χ0v) is 18.2. The van der Waals surface area contributed by atoms with Crippen LogP contribution in [0.4, 0.5) is 0 Å². The highest BCUT2D eigenvalue weighted by molar-refractivity contribution is 5.91. The molecule has 0 saturated carbocycles. The van der Waals surface area contributed by atoms with Gasteiger partial charge in [0.05, 0.1) is 7.11 Å². The molecular weight excluding hydrogens is 488 g/mol. The van der Waals surface area contributed by atoms with Gasteiger partial charge in [0, 0.05) is 11.6 Å². The van der Waals surface area contributed by atoms with Gasteiger partial charge in [0.2, 0.25) is 23.2 Å². The van der Waals surface area contributed by atoms with Gasteiger partial charge in [-0.15, -0.1) is 0 Å². The predicted molar refractivity (Wildman–Crippen MR) is 116 cm³/mol. The molecule has 5 unspecified atom stereocenters. The zero-order valence-electron chi connectivity index (χ0n) is 18.2. The van der Waals surface area contributed by atoms with Crippen molar-refractivity contribution in [1.29, 1.82) is 0 Å². The number of rotatable bonds is 5. The van der Waals surface area contributed by atoms with Gasteiger partial charge in [-0.25, -0.2) is 4.79 Å². The number of aliphatic carboxylic acids is 1. The largest absolute Gasteiger partial charge is 0.504 e. The van der Waals surface area contributed by atoms with E-state index in [4.69, 9.17) is 18.6 Å². The maximum atomic E-state index is 13.5. The van der Waals surface area contributed by atoms with Gasteiger partial charge in [0.15, 0.2) is 34.9 Å². The summed E-state index contributed by atoms with van der Waals surface area (Å²) in [6.07, 6.45) is -10.2. The molecule has 0 bridgehead atoms. The topological polar surface area (TPSA) is 237 Å². The molecule has 1 aliphatic heterocycles. The Balaban J connectivity index is 1.95. The number of fused-ring (bicyclic) bond motifs is 1. The van der Waals surface area contributed by atoms with Gasteiger partial charge in [-0.3, -0.25) is 4.79 Å². The summed E-state index contributed by atoms with van der Waals surface area (Å²) in [5.74, 6) is -6.00. The first-order valence-corrected chi connectivity index (χ1v) is 10.2. The first-order chi connectivity index (χ1) is 17.0. The second kappa shape index (κ2) is 9.09. The molecule has 14 nitrogen and oxygen atoms in total. The average Bonchev–Trinajstić information content (AvgIpc) is 2.82. The summed E-state index contributed by atoms with van der Waals surface area (Å²) in [4.78, 5) is 24.9. The number of carboxylic acids is 1. The number of aliphatic hydroxyl groups excluding tert-OH is 3. The normalized spacial score (nSPS) is 23.9. The number of carboxylic acid groups (broad SMARTS) is 1. The van der Waals surface area contributed by atoms with Gasteiger partial charge >= 0.3 is 5.97 Å². The van der Waals surface area contributed by atoms with Crippen molar-refractivity contribution < 1.29 is 64.3 Å². The molecule has 5 atom stereocenters. The van der Waals surface area contributed by atoms with E-state index < -0.39 is 87.7 Å². The number of hydrogen-bond donors (Lipinski definition) is 8. The molecule has 4 rings (SSSR count). The highest BCUT2D eigenvalue weighted by Gasteiger charge is 2.48. The lowest BCUT2D eigenvalue weighted by Gasteiger charge is -2.38. The number of phenolic OH excluding ortho intramolecular Hbond substituents is 4. The van der Waals surface area contributed by atoms with Crippen LogP contribution in [0.25, 0.3) is 22.3 Å². The second-order valence-corrected chi connectivity index (χ2v) is 7.80. The molecule has 2 heterocycles. The van der Waals surface area contributed by atoms with Gasteiger partial charge in [-0.1, -0.05) is 0 Å². The first-order valence-electron chi connectivity index (χ1n) is 10.2. The smallest absolute Gasteiger partial charge is 0.335 e. The molecule has 1 fully saturated rings. The lowest BCUT2D eigenvalue weighted by Crippen LogP contribution is -2.61. The van der Waals surface area contributed by atoms with Crippen molar-refractivity contribution in [2.24, 2.45) is 0 Å². The van der Waals surface area contributed by atoms with Crippen molar-refractivity contribution in [3.05, 3.63) is 34.5 Å². The molecule has 0 amide bonds. The molecular formula is C22H20O14. The van der Waals surface area contributed by atoms with E-state index in [2.05, 4.69) is 0 Å².